The van der Waals surface area contributed by atoms with Gasteiger partial charge >= 0.3 is 5.97 Å². The van der Waals surface area contributed by atoms with E-state index in [1.807, 2.05) is 6.92 Å². The zero-order valence-corrected chi connectivity index (χ0v) is 26.0. The molecule has 0 fully saturated rings. The summed E-state index contributed by atoms with van der Waals surface area (Å²) in [4.78, 5) is 51.5. The second kappa shape index (κ2) is 15.3. The Kier molecular flexibility index (Phi) is 11.3. The van der Waals surface area contributed by atoms with Crippen LogP contribution in [0.2, 0.25) is 10.0 Å². The number of carboxylic acid groups (broad SMARTS) is 1. The zero-order valence-electron chi connectivity index (χ0n) is 23.7. The average molecular weight is 665 g/mol. The number of rotatable bonds is 11. The number of halogens is 2. The molecule has 0 bridgehead atoms. The lowest BCUT2D eigenvalue weighted by atomic mass is 10.1. The van der Waals surface area contributed by atoms with E-state index in [0.717, 1.165) is 0 Å². The fourth-order valence-electron chi connectivity index (χ4n) is 4.06. The molecule has 1 unspecified atom stereocenters. The average Bonchev–Trinajstić information content (AvgIpc) is 3.02. The molecule has 0 aliphatic rings. The van der Waals surface area contributed by atoms with E-state index in [-0.39, 0.29) is 27.9 Å². The number of hydrogen-bond acceptors (Lipinski definition) is 6. The van der Waals surface area contributed by atoms with Crippen molar-refractivity contribution in [1.82, 2.24) is 5.32 Å². The van der Waals surface area contributed by atoms with Gasteiger partial charge in [0.1, 0.15) is 17.0 Å². The molecular formula is C33H27Cl2N3O6S. The van der Waals surface area contributed by atoms with Crippen LogP contribution in [0.5, 0.6) is 5.75 Å². The fourth-order valence-corrected chi connectivity index (χ4v) is 5.53. The number of carbonyl (C=O) groups excluding carboxylic acids is 3. The molecule has 0 aliphatic heterocycles. The minimum Gasteiger partial charge on any atom is -0.507 e. The van der Waals surface area contributed by atoms with Gasteiger partial charge < -0.3 is 26.2 Å². The number of hydrogen-bond donors (Lipinski definition) is 5. The second-order valence-electron chi connectivity index (χ2n) is 9.57. The summed E-state index contributed by atoms with van der Waals surface area (Å²) < 4.78 is 0. The minimum atomic E-state index is -1.32. The molecule has 0 heterocycles. The van der Waals surface area contributed by atoms with Crippen LogP contribution in [0, 0.1) is 0 Å². The van der Waals surface area contributed by atoms with Crippen LogP contribution < -0.4 is 16.0 Å². The maximum absolute atomic E-state index is 13.5. The van der Waals surface area contributed by atoms with E-state index >= 15 is 0 Å². The van der Waals surface area contributed by atoms with Gasteiger partial charge in [0.25, 0.3) is 11.8 Å². The quantitative estimate of drug-likeness (QED) is 0.0642. The van der Waals surface area contributed by atoms with Crippen molar-refractivity contribution < 1.29 is 29.4 Å². The Morgan fingerprint density at radius 1 is 0.867 bits per heavy atom. The summed E-state index contributed by atoms with van der Waals surface area (Å²) >= 11 is 13.6. The smallest absolute Gasteiger partial charge is 0.339 e. The van der Waals surface area contributed by atoms with Crippen LogP contribution in [-0.4, -0.2) is 39.2 Å². The first-order chi connectivity index (χ1) is 21.5. The lowest BCUT2D eigenvalue weighted by molar-refractivity contribution is -0.116. The Hall–Kier alpha value is -4.77. The topological polar surface area (TPSA) is 145 Å². The molecule has 12 heteroatoms. The number of nitrogens with one attached hydrogen (secondary N) is 3. The molecular weight excluding hydrogens is 637 g/mol. The van der Waals surface area contributed by atoms with Gasteiger partial charge in [-0.05, 0) is 78.7 Å². The Labute approximate surface area is 273 Å². The Bertz CT molecular complexity index is 1780. The van der Waals surface area contributed by atoms with Crippen molar-refractivity contribution in [3.05, 3.63) is 123 Å². The van der Waals surface area contributed by atoms with E-state index in [9.17, 15) is 29.4 Å². The lowest BCUT2D eigenvalue weighted by Crippen LogP contribution is -2.30. The Morgan fingerprint density at radius 3 is 2.29 bits per heavy atom. The molecule has 5 N–H and O–H groups in total. The predicted octanol–water partition coefficient (Wildman–Crippen LogP) is 7.32. The predicted molar refractivity (Wildman–Crippen MR) is 177 cm³/mol. The van der Waals surface area contributed by atoms with Gasteiger partial charge in [-0.2, -0.15) is 0 Å². The highest BCUT2D eigenvalue weighted by atomic mass is 35.5. The van der Waals surface area contributed by atoms with Crippen molar-refractivity contribution in [2.75, 3.05) is 10.6 Å². The molecule has 45 heavy (non-hydrogen) atoms. The summed E-state index contributed by atoms with van der Waals surface area (Å²) in [6.07, 6.45) is 1.89. The molecule has 3 amide bonds. The Balaban J connectivity index is 1.52. The molecule has 230 valence electrons. The summed E-state index contributed by atoms with van der Waals surface area (Å²) in [6, 6.07) is 23.8. The van der Waals surface area contributed by atoms with Gasteiger partial charge in [0.05, 0.1) is 5.25 Å². The number of phenols is 1. The van der Waals surface area contributed by atoms with Crippen LogP contribution in [0.3, 0.4) is 0 Å². The highest BCUT2D eigenvalue weighted by Gasteiger charge is 2.21. The van der Waals surface area contributed by atoms with Gasteiger partial charge in [-0.15, -0.1) is 11.8 Å². The number of thioether (sulfide) groups is 1. The maximum atomic E-state index is 13.5. The normalized spacial score (nSPS) is 11.8. The molecule has 0 saturated heterocycles. The summed E-state index contributed by atoms with van der Waals surface area (Å²) in [5.74, 6) is -3.20. The first-order valence-corrected chi connectivity index (χ1v) is 15.2. The number of carbonyl (C=O) groups is 4. The first-order valence-electron chi connectivity index (χ1n) is 13.5. The summed E-state index contributed by atoms with van der Waals surface area (Å²) in [6.45, 7) is 1.83. The van der Waals surface area contributed by atoms with Crippen molar-refractivity contribution in [2.24, 2.45) is 0 Å². The minimum absolute atomic E-state index is 0.0634. The molecule has 0 aliphatic carbocycles. The molecule has 4 aromatic rings. The van der Waals surface area contributed by atoms with Gasteiger partial charge in [0.15, 0.2) is 0 Å². The number of anilines is 2. The first kappa shape index (κ1) is 33.1. The van der Waals surface area contributed by atoms with Gasteiger partial charge in [0, 0.05) is 31.9 Å². The van der Waals surface area contributed by atoms with Crippen LogP contribution in [0.25, 0.3) is 6.08 Å². The molecule has 0 aromatic heterocycles. The monoisotopic (exact) mass is 663 g/mol. The van der Waals surface area contributed by atoms with E-state index in [2.05, 4.69) is 16.0 Å². The number of aromatic hydroxyl groups is 1. The molecule has 4 aromatic carbocycles. The molecule has 4 rings (SSSR count). The SMILES string of the molecule is CCC(Sc1cccc(NC(=O)/C(=C\c2ccc(Cl)cc2Cl)NC(=O)c2ccccc2)c1)C(=O)Nc1ccc(O)c(C(=O)O)c1. The third-order valence-corrected chi connectivity index (χ3v) is 8.24. The molecule has 0 spiro atoms. The lowest BCUT2D eigenvalue weighted by Gasteiger charge is -2.16. The summed E-state index contributed by atoms with van der Waals surface area (Å²) in [5.41, 5.74) is 1.06. The van der Waals surface area contributed by atoms with Crippen LogP contribution in [0.4, 0.5) is 11.4 Å². The van der Waals surface area contributed by atoms with Crippen LogP contribution in [0.1, 0.15) is 39.6 Å². The maximum Gasteiger partial charge on any atom is 0.339 e. The molecule has 1 atom stereocenters. The van der Waals surface area contributed by atoms with Crippen molar-refractivity contribution in [2.45, 2.75) is 23.5 Å². The summed E-state index contributed by atoms with van der Waals surface area (Å²) in [7, 11) is 0. The third kappa shape index (κ3) is 9.12. The third-order valence-electron chi connectivity index (χ3n) is 6.32. The van der Waals surface area contributed by atoms with E-state index in [1.165, 1.54) is 42.1 Å². The van der Waals surface area contributed by atoms with Crippen molar-refractivity contribution in [1.29, 1.82) is 0 Å². The van der Waals surface area contributed by atoms with E-state index in [1.54, 1.807) is 66.7 Å². The number of aromatic carboxylic acids is 1. The van der Waals surface area contributed by atoms with Crippen molar-refractivity contribution >= 4 is 76.1 Å². The zero-order chi connectivity index (χ0) is 32.5. The second-order valence-corrected chi connectivity index (χ2v) is 11.7. The largest absolute Gasteiger partial charge is 0.507 e. The highest BCUT2D eigenvalue weighted by molar-refractivity contribution is 8.00. The van der Waals surface area contributed by atoms with E-state index < -0.39 is 28.8 Å². The van der Waals surface area contributed by atoms with Gasteiger partial charge in [-0.25, -0.2) is 4.79 Å². The van der Waals surface area contributed by atoms with Gasteiger partial charge in [-0.3, -0.25) is 14.4 Å². The molecule has 9 nitrogen and oxygen atoms in total. The number of amides is 3. The molecule has 0 saturated carbocycles. The summed E-state index contributed by atoms with van der Waals surface area (Å²) in [5, 5.41) is 27.3. The van der Waals surface area contributed by atoms with Crippen LogP contribution >= 0.6 is 35.0 Å². The standard InChI is InChI=1S/C33H27Cl2N3O6S/c1-2-29(32(42)37-23-13-14-28(39)25(18-23)33(43)44)45-24-10-6-9-22(17-24)36-31(41)27(15-20-11-12-21(34)16-26(20)35)38-30(40)19-7-4-3-5-8-19/h3-18,29,39H,2H2,1H3,(H,36,41)(H,37,42)(H,38,40)(H,43,44)/b27-15+. The fraction of sp³-hybridized carbons (Fsp3) is 0.0909. The van der Waals surface area contributed by atoms with Gasteiger partial charge in [-0.1, -0.05) is 60.5 Å². The van der Waals surface area contributed by atoms with Crippen LogP contribution in [0.15, 0.2) is 102 Å². The number of carboxylic acids is 1. The molecule has 0 radical (unpaired) electrons. The Morgan fingerprint density at radius 2 is 1.60 bits per heavy atom. The van der Waals surface area contributed by atoms with E-state index in [0.29, 0.717) is 33.2 Å². The van der Waals surface area contributed by atoms with Crippen molar-refractivity contribution in [3.63, 3.8) is 0 Å². The highest BCUT2D eigenvalue weighted by Crippen LogP contribution is 2.30. The van der Waals surface area contributed by atoms with E-state index in [4.69, 9.17) is 23.2 Å². The van der Waals surface area contributed by atoms with Gasteiger partial charge in [0.2, 0.25) is 5.91 Å². The number of benzene rings is 4. The van der Waals surface area contributed by atoms with Crippen LogP contribution in [-0.2, 0) is 9.59 Å². The van der Waals surface area contributed by atoms with Crippen molar-refractivity contribution in [3.8, 4) is 5.75 Å².